The van der Waals surface area contributed by atoms with Crippen LogP contribution in [0.1, 0.15) is 42.0 Å². The van der Waals surface area contributed by atoms with E-state index < -0.39 is 0 Å². The van der Waals surface area contributed by atoms with Crippen molar-refractivity contribution >= 4 is 0 Å². The van der Waals surface area contributed by atoms with Gasteiger partial charge in [0, 0.05) is 44.8 Å². The standard InChI is InChI=1S/C20H29N3O/c1-16-5-4-9-21-19(16)15-23-13-11-22(12-14-23)10-8-17(2)20-7-6-18(3)24-20/h4-7,9,17H,8,10-15H2,1-3H3. The van der Waals surface area contributed by atoms with Crippen molar-refractivity contribution < 1.29 is 4.42 Å². The summed E-state index contributed by atoms with van der Waals surface area (Å²) in [6.45, 7) is 13.1. The van der Waals surface area contributed by atoms with Crippen LogP contribution in [0, 0.1) is 13.8 Å². The summed E-state index contributed by atoms with van der Waals surface area (Å²) in [6, 6.07) is 8.34. The van der Waals surface area contributed by atoms with E-state index in [1.54, 1.807) is 0 Å². The van der Waals surface area contributed by atoms with E-state index in [0.717, 1.165) is 57.2 Å². The molecule has 0 spiro atoms. The molecule has 0 radical (unpaired) electrons. The molecule has 1 atom stereocenters. The van der Waals surface area contributed by atoms with Crippen molar-refractivity contribution in [2.75, 3.05) is 32.7 Å². The van der Waals surface area contributed by atoms with Gasteiger partial charge in [0.2, 0.25) is 0 Å². The number of aromatic nitrogens is 1. The molecule has 0 aliphatic carbocycles. The average molecular weight is 327 g/mol. The highest BCUT2D eigenvalue weighted by atomic mass is 16.3. The van der Waals surface area contributed by atoms with Gasteiger partial charge in [0.15, 0.2) is 0 Å². The molecule has 3 heterocycles. The minimum absolute atomic E-state index is 0.493. The fourth-order valence-corrected chi connectivity index (χ4v) is 3.30. The van der Waals surface area contributed by atoms with E-state index in [2.05, 4.69) is 46.8 Å². The van der Waals surface area contributed by atoms with Gasteiger partial charge in [0.1, 0.15) is 11.5 Å². The maximum absolute atomic E-state index is 5.75. The molecule has 1 unspecified atom stereocenters. The Bertz CT molecular complexity index is 644. The Balaban J connectivity index is 1.41. The summed E-state index contributed by atoms with van der Waals surface area (Å²) in [6.07, 6.45) is 3.06. The lowest BCUT2D eigenvalue weighted by molar-refractivity contribution is 0.123. The number of aryl methyl sites for hydroxylation is 2. The van der Waals surface area contributed by atoms with E-state index in [1.807, 2.05) is 19.2 Å². The van der Waals surface area contributed by atoms with Crippen molar-refractivity contribution in [3.63, 3.8) is 0 Å². The first kappa shape index (κ1) is 17.2. The Kier molecular flexibility index (Phi) is 5.69. The molecule has 0 bridgehead atoms. The van der Waals surface area contributed by atoms with Crippen LogP contribution in [0.5, 0.6) is 0 Å². The van der Waals surface area contributed by atoms with E-state index in [-0.39, 0.29) is 0 Å². The molecule has 0 N–H and O–H groups in total. The van der Waals surface area contributed by atoms with Crippen LogP contribution in [-0.4, -0.2) is 47.5 Å². The van der Waals surface area contributed by atoms with Gasteiger partial charge in [-0.05, 0) is 50.6 Å². The SMILES string of the molecule is Cc1ccc(C(C)CCN2CCN(Cc3ncccc3C)CC2)o1. The topological polar surface area (TPSA) is 32.5 Å². The Hall–Kier alpha value is -1.65. The number of pyridine rings is 1. The summed E-state index contributed by atoms with van der Waals surface area (Å²) in [5, 5.41) is 0. The number of nitrogens with zero attached hydrogens (tertiary/aromatic N) is 3. The van der Waals surface area contributed by atoms with E-state index in [9.17, 15) is 0 Å². The number of furan rings is 1. The molecule has 1 aliphatic heterocycles. The van der Waals surface area contributed by atoms with Crippen LogP contribution >= 0.6 is 0 Å². The minimum atomic E-state index is 0.493. The summed E-state index contributed by atoms with van der Waals surface area (Å²) in [4.78, 5) is 9.62. The lowest BCUT2D eigenvalue weighted by Crippen LogP contribution is -2.46. The molecule has 4 heteroatoms. The van der Waals surface area contributed by atoms with Crippen molar-refractivity contribution in [1.29, 1.82) is 0 Å². The highest BCUT2D eigenvalue weighted by Gasteiger charge is 2.19. The van der Waals surface area contributed by atoms with Gasteiger partial charge >= 0.3 is 0 Å². The summed E-state index contributed by atoms with van der Waals surface area (Å²) < 4.78 is 5.75. The van der Waals surface area contributed by atoms with Crippen molar-refractivity contribution in [2.24, 2.45) is 0 Å². The second-order valence-electron chi connectivity index (χ2n) is 7.02. The molecule has 1 fully saturated rings. The Labute approximate surface area is 145 Å². The maximum atomic E-state index is 5.75. The molecular weight excluding hydrogens is 298 g/mol. The number of hydrogen-bond acceptors (Lipinski definition) is 4. The summed E-state index contributed by atoms with van der Waals surface area (Å²) in [7, 11) is 0. The lowest BCUT2D eigenvalue weighted by atomic mass is 10.0. The first-order valence-corrected chi connectivity index (χ1v) is 9.03. The third-order valence-electron chi connectivity index (χ3n) is 5.08. The van der Waals surface area contributed by atoms with Gasteiger partial charge in [-0.25, -0.2) is 0 Å². The smallest absolute Gasteiger partial charge is 0.107 e. The molecule has 2 aromatic heterocycles. The monoisotopic (exact) mass is 327 g/mol. The van der Waals surface area contributed by atoms with Crippen molar-refractivity contribution in [1.82, 2.24) is 14.8 Å². The van der Waals surface area contributed by atoms with E-state index in [4.69, 9.17) is 4.42 Å². The fraction of sp³-hybridized carbons (Fsp3) is 0.550. The third-order valence-corrected chi connectivity index (χ3v) is 5.08. The van der Waals surface area contributed by atoms with Crippen LogP contribution in [0.25, 0.3) is 0 Å². The van der Waals surface area contributed by atoms with Crippen LogP contribution in [0.15, 0.2) is 34.9 Å². The zero-order valence-corrected chi connectivity index (χ0v) is 15.2. The highest BCUT2D eigenvalue weighted by molar-refractivity contribution is 5.17. The first-order valence-electron chi connectivity index (χ1n) is 9.03. The van der Waals surface area contributed by atoms with Gasteiger partial charge in [-0.3, -0.25) is 9.88 Å². The van der Waals surface area contributed by atoms with Crippen molar-refractivity contribution in [3.8, 4) is 0 Å². The second-order valence-corrected chi connectivity index (χ2v) is 7.02. The summed E-state index contributed by atoms with van der Waals surface area (Å²) in [5.74, 6) is 2.62. The van der Waals surface area contributed by atoms with E-state index in [1.165, 1.54) is 11.3 Å². The molecule has 1 saturated heterocycles. The second kappa shape index (κ2) is 7.95. The van der Waals surface area contributed by atoms with E-state index in [0.29, 0.717) is 5.92 Å². The zero-order valence-electron chi connectivity index (χ0n) is 15.2. The molecule has 3 rings (SSSR count). The molecule has 0 saturated carbocycles. The Morgan fingerprint density at radius 1 is 1.08 bits per heavy atom. The maximum Gasteiger partial charge on any atom is 0.107 e. The summed E-state index contributed by atoms with van der Waals surface area (Å²) in [5.41, 5.74) is 2.51. The summed E-state index contributed by atoms with van der Waals surface area (Å²) >= 11 is 0. The number of rotatable bonds is 6. The van der Waals surface area contributed by atoms with Crippen LogP contribution in [-0.2, 0) is 6.54 Å². The molecule has 130 valence electrons. The van der Waals surface area contributed by atoms with Crippen molar-refractivity contribution in [2.45, 2.75) is 39.7 Å². The van der Waals surface area contributed by atoms with Crippen molar-refractivity contribution in [3.05, 3.63) is 53.2 Å². The Morgan fingerprint density at radius 2 is 1.83 bits per heavy atom. The lowest BCUT2D eigenvalue weighted by Gasteiger charge is -2.35. The van der Waals surface area contributed by atoms with E-state index >= 15 is 0 Å². The number of hydrogen-bond donors (Lipinski definition) is 0. The van der Waals surface area contributed by atoms with Gasteiger partial charge in [-0.1, -0.05) is 13.0 Å². The van der Waals surface area contributed by atoms with Gasteiger partial charge in [0.25, 0.3) is 0 Å². The third kappa shape index (κ3) is 4.46. The average Bonchev–Trinajstić information content (AvgIpc) is 3.03. The van der Waals surface area contributed by atoms with Gasteiger partial charge in [-0.15, -0.1) is 0 Å². The molecule has 4 nitrogen and oxygen atoms in total. The molecular formula is C20H29N3O. The molecule has 1 aliphatic rings. The fourth-order valence-electron chi connectivity index (χ4n) is 3.30. The van der Waals surface area contributed by atoms with Gasteiger partial charge in [-0.2, -0.15) is 0 Å². The van der Waals surface area contributed by atoms with Crippen LogP contribution < -0.4 is 0 Å². The normalized spacial score (nSPS) is 18.0. The predicted octanol–water partition coefficient (Wildman–Crippen LogP) is 3.60. The quantitative estimate of drug-likeness (QED) is 0.811. The van der Waals surface area contributed by atoms with Gasteiger partial charge in [0.05, 0.1) is 5.69 Å². The van der Waals surface area contributed by atoms with Crippen LogP contribution in [0.2, 0.25) is 0 Å². The molecule has 24 heavy (non-hydrogen) atoms. The molecule has 0 amide bonds. The highest BCUT2D eigenvalue weighted by Crippen LogP contribution is 2.22. The Morgan fingerprint density at radius 3 is 2.50 bits per heavy atom. The zero-order chi connectivity index (χ0) is 16.9. The van der Waals surface area contributed by atoms with Crippen LogP contribution in [0.3, 0.4) is 0 Å². The molecule has 0 aromatic carbocycles. The first-order chi connectivity index (χ1) is 11.6. The largest absolute Gasteiger partial charge is 0.466 e. The molecule has 2 aromatic rings. The van der Waals surface area contributed by atoms with Crippen LogP contribution in [0.4, 0.5) is 0 Å². The number of piperazine rings is 1. The minimum Gasteiger partial charge on any atom is -0.466 e. The predicted molar refractivity (Wildman–Crippen MR) is 97.2 cm³/mol. The van der Waals surface area contributed by atoms with Gasteiger partial charge < -0.3 is 9.32 Å².